The molecular weight excluding hydrogens is 280 g/mol. The van der Waals surface area contributed by atoms with Gasteiger partial charge in [0.2, 0.25) is 0 Å². The van der Waals surface area contributed by atoms with Gasteiger partial charge in [-0.05, 0) is 19.6 Å². The molecule has 0 aliphatic rings. The molecule has 1 unspecified atom stereocenters. The SMILES string of the molecule is C[Si](C)(C)O[SiH]([SiH-]c1ccccc1)c1ccccc1. The molecule has 1 atom stereocenters. The molecule has 0 aliphatic heterocycles. The van der Waals surface area contributed by atoms with Crippen LogP contribution in [-0.2, 0) is 4.12 Å². The van der Waals surface area contributed by atoms with Crippen LogP contribution < -0.4 is 10.4 Å². The van der Waals surface area contributed by atoms with E-state index in [0.717, 1.165) is 0 Å². The van der Waals surface area contributed by atoms with E-state index in [9.17, 15) is 0 Å². The van der Waals surface area contributed by atoms with Crippen LogP contribution in [0.25, 0.3) is 0 Å². The summed E-state index contributed by atoms with van der Waals surface area (Å²) in [7, 11) is -2.54. The van der Waals surface area contributed by atoms with Crippen LogP contribution in [0.15, 0.2) is 60.7 Å². The van der Waals surface area contributed by atoms with E-state index < -0.39 is 16.9 Å². The molecular formula is C15H21OSi3-. The first-order chi connectivity index (χ1) is 9.04. The Morgan fingerprint density at radius 2 is 1.37 bits per heavy atom. The highest BCUT2D eigenvalue weighted by atomic mass is 29.2. The lowest BCUT2D eigenvalue weighted by Crippen LogP contribution is -2.50. The van der Waals surface area contributed by atoms with Crippen LogP contribution in [0.4, 0.5) is 0 Å². The maximum atomic E-state index is 6.54. The minimum atomic E-state index is -1.47. The molecule has 0 N–H and O–H groups in total. The van der Waals surface area contributed by atoms with Gasteiger partial charge in [0, 0.05) is 8.56 Å². The third-order valence-electron chi connectivity index (χ3n) is 2.75. The van der Waals surface area contributed by atoms with Gasteiger partial charge in [0.1, 0.15) is 0 Å². The van der Waals surface area contributed by atoms with E-state index in [2.05, 4.69) is 80.3 Å². The predicted molar refractivity (Wildman–Crippen MR) is 90.9 cm³/mol. The van der Waals surface area contributed by atoms with Gasteiger partial charge in [0.15, 0.2) is 8.32 Å². The summed E-state index contributed by atoms with van der Waals surface area (Å²) in [6.45, 7) is 6.88. The van der Waals surface area contributed by atoms with Gasteiger partial charge in [-0.2, -0.15) is 0 Å². The Balaban J connectivity index is 2.20. The van der Waals surface area contributed by atoms with Crippen molar-refractivity contribution in [2.75, 3.05) is 0 Å². The van der Waals surface area contributed by atoms with Gasteiger partial charge in [0.25, 0.3) is 0 Å². The minimum absolute atomic E-state index is 0.237. The van der Waals surface area contributed by atoms with Crippen molar-refractivity contribution in [2.45, 2.75) is 19.6 Å². The van der Waals surface area contributed by atoms with Gasteiger partial charge >= 0.3 is 0 Å². The van der Waals surface area contributed by atoms with E-state index in [1.165, 1.54) is 10.4 Å². The highest BCUT2D eigenvalue weighted by molar-refractivity contribution is 7.22. The Morgan fingerprint density at radius 1 is 0.842 bits per heavy atom. The number of benzene rings is 2. The molecule has 0 saturated carbocycles. The van der Waals surface area contributed by atoms with E-state index in [4.69, 9.17) is 4.12 Å². The Hall–Kier alpha value is -0.949. The summed E-state index contributed by atoms with van der Waals surface area (Å²) in [6, 6.07) is 21.7. The fourth-order valence-electron chi connectivity index (χ4n) is 1.96. The van der Waals surface area contributed by atoms with Crippen molar-refractivity contribution >= 4 is 36.3 Å². The van der Waals surface area contributed by atoms with Crippen molar-refractivity contribution in [3.05, 3.63) is 60.7 Å². The van der Waals surface area contributed by atoms with Crippen LogP contribution in [0.5, 0.6) is 0 Å². The quantitative estimate of drug-likeness (QED) is 0.764. The minimum Gasteiger partial charge on any atom is -0.482 e. The third-order valence-corrected chi connectivity index (χ3v) is 13.2. The lowest BCUT2D eigenvalue weighted by atomic mass is 10.4. The summed E-state index contributed by atoms with van der Waals surface area (Å²) >= 11 is 0. The molecule has 0 saturated heterocycles. The monoisotopic (exact) mass is 301 g/mol. The van der Waals surface area contributed by atoms with Gasteiger partial charge < -0.3 is 4.12 Å². The number of hydrogen-bond donors (Lipinski definition) is 0. The van der Waals surface area contributed by atoms with Crippen LogP contribution in [0.2, 0.25) is 19.6 Å². The van der Waals surface area contributed by atoms with E-state index in [-0.39, 0.29) is 9.04 Å². The van der Waals surface area contributed by atoms with E-state index in [0.29, 0.717) is 0 Å². The first kappa shape index (κ1) is 14.5. The predicted octanol–water partition coefficient (Wildman–Crippen LogP) is 1.73. The standard InChI is InChI=1S/C15H21OSi3/c1-19(2,3)16-18(15-12-8-5-9-13-15)17-14-10-6-4-7-11-14/h4-13,17-18H,1-3H3/q-1. The van der Waals surface area contributed by atoms with Gasteiger partial charge in [-0.1, -0.05) is 65.9 Å². The summed E-state index contributed by atoms with van der Waals surface area (Å²) in [6.07, 6.45) is 0. The molecule has 0 heterocycles. The van der Waals surface area contributed by atoms with Gasteiger partial charge in [-0.25, -0.2) is 5.19 Å². The zero-order chi connectivity index (χ0) is 13.7. The summed E-state index contributed by atoms with van der Waals surface area (Å²) in [5, 5.41) is 2.92. The van der Waals surface area contributed by atoms with Crippen LogP contribution >= 0.6 is 0 Å². The van der Waals surface area contributed by atoms with E-state index >= 15 is 0 Å². The molecule has 19 heavy (non-hydrogen) atoms. The Morgan fingerprint density at radius 3 is 1.89 bits per heavy atom. The van der Waals surface area contributed by atoms with Gasteiger partial charge in [0.05, 0.1) is 0 Å². The molecule has 4 heteroatoms. The normalized spacial score (nSPS) is 13.0. The maximum Gasteiger partial charge on any atom is 0.168 e. The lowest BCUT2D eigenvalue weighted by Gasteiger charge is -2.33. The van der Waals surface area contributed by atoms with Crippen molar-refractivity contribution in [3.63, 3.8) is 0 Å². The van der Waals surface area contributed by atoms with Crippen molar-refractivity contribution in [1.29, 1.82) is 0 Å². The molecule has 2 aromatic rings. The number of rotatable bonds is 5. The van der Waals surface area contributed by atoms with Crippen molar-refractivity contribution < 1.29 is 4.12 Å². The second-order valence-corrected chi connectivity index (χ2v) is 16.1. The molecule has 0 radical (unpaired) electrons. The summed E-state index contributed by atoms with van der Waals surface area (Å²) in [5.74, 6) is 0. The van der Waals surface area contributed by atoms with Gasteiger partial charge in [-0.15, -0.1) is 0 Å². The molecule has 0 aromatic heterocycles. The average molecular weight is 302 g/mol. The molecule has 2 rings (SSSR count). The van der Waals surface area contributed by atoms with Crippen LogP contribution in [0, 0.1) is 0 Å². The lowest BCUT2D eigenvalue weighted by molar-refractivity contribution is 0.600. The van der Waals surface area contributed by atoms with Crippen LogP contribution in [0.3, 0.4) is 0 Å². The zero-order valence-corrected chi connectivity index (χ0v) is 15.1. The van der Waals surface area contributed by atoms with E-state index in [1.807, 2.05) is 0 Å². The second kappa shape index (κ2) is 6.47. The second-order valence-electron chi connectivity index (χ2n) is 5.64. The summed E-state index contributed by atoms with van der Waals surface area (Å²) in [4.78, 5) is 0. The first-order valence-electron chi connectivity index (χ1n) is 6.67. The molecule has 0 amide bonds. The fourth-order valence-corrected chi connectivity index (χ4v) is 14.7. The Kier molecular flexibility index (Phi) is 4.93. The summed E-state index contributed by atoms with van der Waals surface area (Å²) < 4.78 is 6.54. The zero-order valence-electron chi connectivity index (χ0n) is 11.8. The summed E-state index contributed by atoms with van der Waals surface area (Å²) in [5.41, 5.74) is 0. The average Bonchev–Trinajstić information content (AvgIpc) is 2.39. The Labute approximate surface area is 121 Å². The Bertz CT molecular complexity index is 494. The third kappa shape index (κ3) is 4.91. The van der Waals surface area contributed by atoms with Crippen LogP contribution in [-0.4, -0.2) is 25.9 Å². The number of hydrogen-bond acceptors (Lipinski definition) is 1. The van der Waals surface area contributed by atoms with Crippen LogP contribution in [0.1, 0.15) is 0 Å². The smallest absolute Gasteiger partial charge is 0.168 e. The van der Waals surface area contributed by atoms with Crippen molar-refractivity contribution in [2.24, 2.45) is 0 Å². The molecule has 100 valence electrons. The first-order valence-corrected chi connectivity index (χ1v) is 14.4. The molecule has 0 spiro atoms. The maximum absolute atomic E-state index is 6.54. The topological polar surface area (TPSA) is 9.23 Å². The largest absolute Gasteiger partial charge is 0.482 e. The highest BCUT2D eigenvalue weighted by Gasteiger charge is 2.18. The molecule has 0 aliphatic carbocycles. The molecule has 0 fully saturated rings. The van der Waals surface area contributed by atoms with Gasteiger partial charge in [-0.3, -0.25) is 9.04 Å². The molecule has 0 bridgehead atoms. The van der Waals surface area contributed by atoms with Crippen molar-refractivity contribution in [1.82, 2.24) is 0 Å². The molecule has 1 nitrogen and oxygen atoms in total. The molecule has 2 aromatic carbocycles. The van der Waals surface area contributed by atoms with Crippen molar-refractivity contribution in [3.8, 4) is 0 Å². The highest BCUT2D eigenvalue weighted by Crippen LogP contribution is 2.05. The van der Waals surface area contributed by atoms with E-state index in [1.54, 1.807) is 0 Å². The fraction of sp³-hybridized carbons (Fsp3) is 0.200.